The van der Waals surface area contributed by atoms with Crippen LogP contribution in [0.25, 0.3) is 0 Å². The molecule has 122 valence electrons. The summed E-state index contributed by atoms with van der Waals surface area (Å²) in [4.78, 5) is 24.5. The lowest BCUT2D eigenvalue weighted by molar-refractivity contribution is -0.132. The summed E-state index contributed by atoms with van der Waals surface area (Å²) in [7, 11) is 1.00. The molecule has 1 N–H and O–H groups in total. The summed E-state index contributed by atoms with van der Waals surface area (Å²) in [6.07, 6.45) is 6.16. The number of carbonyl (C=O) groups is 2. The molecule has 0 aromatic heterocycles. The molecule has 1 aliphatic heterocycles. The number of piperidine rings is 1. The van der Waals surface area contributed by atoms with Gasteiger partial charge in [0.15, 0.2) is 0 Å². The van der Waals surface area contributed by atoms with E-state index in [2.05, 4.69) is 12.1 Å². The number of aliphatic hydroxyl groups excluding tert-OH is 1. The van der Waals surface area contributed by atoms with E-state index in [0.29, 0.717) is 18.8 Å². The van der Waals surface area contributed by atoms with Gasteiger partial charge in [0.05, 0.1) is 0 Å². The van der Waals surface area contributed by atoms with E-state index in [1.165, 1.54) is 5.56 Å². The highest BCUT2D eigenvalue weighted by molar-refractivity contribution is 5.76. The maximum Gasteiger partial charge on any atom is 0.222 e. The van der Waals surface area contributed by atoms with Crippen LogP contribution in [0.15, 0.2) is 30.3 Å². The van der Waals surface area contributed by atoms with Crippen LogP contribution < -0.4 is 0 Å². The predicted octanol–water partition coefficient (Wildman–Crippen LogP) is 2.45. The molecule has 0 radical (unpaired) electrons. The monoisotopic (exact) mass is 305 g/mol. The number of rotatable bonds is 6. The molecule has 1 aliphatic rings. The molecule has 4 heteroatoms. The Morgan fingerprint density at radius 3 is 2.45 bits per heavy atom. The number of likely N-dealkylation sites (tertiary alicyclic amines) is 1. The maximum absolute atomic E-state index is 12.2. The first-order valence-electron chi connectivity index (χ1n) is 7.99. The molecule has 0 spiro atoms. The van der Waals surface area contributed by atoms with Crippen LogP contribution in [0.2, 0.25) is 0 Å². The molecule has 0 atom stereocenters. The third-order valence-corrected chi connectivity index (χ3v) is 4.13. The third-order valence-electron chi connectivity index (χ3n) is 4.13. The lowest BCUT2D eigenvalue weighted by atomic mass is 9.92. The van der Waals surface area contributed by atoms with Gasteiger partial charge in [0.25, 0.3) is 0 Å². The van der Waals surface area contributed by atoms with E-state index >= 15 is 0 Å². The van der Waals surface area contributed by atoms with Crippen molar-refractivity contribution in [2.24, 2.45) is 5.92 Å². The minimum absolute atomic E-state index is 0.266. The Balaban J connectivity index is 0.00000116. The summed E-state index contributed by atoms with van der Waals surface area (Å²) in [6, 6.07) is 10.2. The van der Waals surface area contributed by atoms with Crippen molar-refractivity contribution in [1.82, 2.24) is 4.90 Å². The molecule has 2 rings (SSSR count). The molecule has 0 saturated carbocycles. The van der Waals surface area contributed by atoms with Gasteiger partial charge in [-0.3, -0.25) is 4.79 Å². The average Bonchev–Trinajstić information content (AvgIpc) is 2.61. The van der Waals surface area contributed by atoms with Crippen molar-refractivity contribution >= 4 is 12.2 Å². The largest absolute Gasteiger partial charge is 0.400 e. The highest BCUT2D eigenvalue weighted by atomic mass is 16.2. The normalized spacial score (nSPS) is 14.9. The Labute approximate surface area is 133 Å². The van der Waals surface area contributed by atoms with E-state index < -0.39 is 0 Å². The Morgan fingerprint density at radius 1 is 1.23 bits per heavy atom. The molecule has 1 fully saturated rings. The number of hydrogen-bond donors (Lipinski definition) is 1. The maximum atomic E-state index is 12.2. The zero-order chi connectivity index (χ0) is 16.2. The van der Waals surface area contributed by atoms with E-state index in [0.717, 1.165) is 52.2 Å². The summed E-state index contributed by atoms with van der Waals surface area (Å²) in [5.74, 6) is 0.890. The fourth-order valence-electron chi connectivity index (χ4n) is 2.83. The van der Waals surface area contributed by atoms with E-state index in [4.69, 9.17) is 5.11 Å². The van der Waals surface area contributed by atoms with Crippen molar-refractivity contribution in [2.45, 2.75) is 38.5 Å². The van der Waals surface area contributed by atoms with Crippen LogP contribution in [0.4, 0.5) is 0 Å². The highest BCUT2D eigenvalue weighted by Gasteiger charge is 2.22. The molecule has 0 bridgehead atoms. The number of aliphatic hydroxyl groups is 1. The highest BCUT2D eigenvalue weighted by Crippen LogP contribution is 2.22. The second-order valence-electron chi connectivity index (χ2n) is 5.55. The SMILES string of the molecule is CO.O=CCCC1CCN(C(=O)CCc2ccccc2)CC1. The Kier molecular flexibility index (Phi) is 9.15. The number of aldehydes is 1. The standard InChI is InChI=1S/C17H23NO2.CH4O/c19-14-4-7-16-10-12-18(13-11-16)17(20)9-8-15-5-2-1-3-6-15;1-2/h1-3,5-6,14,16H,4,7-13H2;2H,1H3. The van der Waals surface area contributed by atoms with Crippen LogP contribution in [0, 0.1) is 5.92 Å². The third kappa shape index (κ3) is 6.39. The van der Waals surface area contributed by atoms with Crippen molar-refractivity contribution in [3.63, 3.8) is 0 Å². The molecule has 1 amide bonds. The summed E-state index contributed by atoms with van der Waals surface area (Å²) >= 11 is 0. The molecule has 1 aromatic carbocycles. The van der Waals surface area contributed by atoms with Gasteiger partial charge in [0, 0.05) is 33.0 Å². The molecule has 4 nitrogen and oxygen atoms in total. The predicted molar refractivity (Wildman–Crippen MR) is 87.5 cm³/mol. The van der Waals surface area contributed by atoms with Gasteiger partial charge >= 0.3 is 0 Å². The number of nitrogens with zero attached hydrogens (tertiary/aromatic N) is 1. The van der Waals surface area contributed by atoms with Gasteiger partial charge in [0.2, 0.25) is 5.91 Å². The van der Waals surface area contributed by atoms with Crippen molar-refractivity contribution in [2.75, 3.05) is 20.2 Å². The first-order valence-corrected chi connectivity index (χ1v) is 7.99. The number of amides is 1. The van der Waals surface area contributed by atoms with Crippen LogP contribution in [-0.2, 0) is 16.0 Å². The van der Waals surface area contributed by atoms with Crippen LogP contribution in [0.5, 0.6) is 0 Å². The molecule has 0 unspecified atom stereocenters. The van der Waals surface area contributed by atoms with E-state index in [-0.39, 0.29) is 5.91 Å². The van der Waals surface area contributed by atoms with Crippen LogP contribution in [0.1, 0.15) is 37.7 Å². The smallest absolute Gasteiger partial charge is 0.222 e. The van der Waals surface area contributed by atoms with Gasteiger partial charge in [-0.25, -0.2) is 0 Å². The zero-order valence-corrected chi connectivity index (χ0v) is 13.4. The first kappa shape index (κ1) is 18.4. The average molecular weight is 305 g/mol. The number of carbonyl (C=O) groups excluding carboxylic acids is 2. The Hall–Kier alpha value is -1.68. The Morgan fingerprint density at radius 2 is 1.86 bits per heavy atom. The molecule has 0 aliphatic carbocycles. The second kappa shape index (κ2) is 11.0. The van der Waals surface area contributed by atoms with Gasteiger partial charge in [-0.15, -0.1) is 0 Å². The van der Waals surface area contributed by atoms with Crippen molar-refractivity contribution < 1.29 is 14.7 Å². The van der Waals surface area contributed by atoms with Gasteiger partial charge in [-0.05, 0) is 37.2 Å². The number of aryl methyl sites for hydroxylation is 1. The summed E-state index contributed by atoms with van der Waals surface area (Å²) in [5.41, 5.74) is 1.22. The molecule has 1 saturated heterocycles. The van der Waals surface area contributed by atoms with Gasteiger partial charge in [0.1, 0.15) is 6.29 Å². The van der Waals surface area contributed by atoms with Crippen LogP contribution in [0.3, 0.4) is 0 Å². The Bertz CT molecular complexity index is 425. The number of benzene rings is 1. The van der Waals surface area contributed by atoms with E-state index in [1.54, 1.807) is 0 Å². The second-order valence-corrected chi connectivity index (χ2v) is 5.55. The fraction of sp³-hybridized carbons (Fsp3) is 0.556. The minimum Gasteiger partial charge on any atom is -0.400 e. The van der Waals surface area contributed by atoms with Crippen molar-refractivity contribution in [1.29, 1.82) is 0 Å². The lowest BCUT2D eigenvalue weighted by Gasteiger charge is -2.32. The molecular formula is C18H27NO3. The van der Waals surface area contributed by atoms with Gasteiger partial charge in [-0.2, -0.15) is 0 Å². The summed E-state index contributed by atoms with van der Waals surface area (Å²) < 4.78 is 0. The fourth-order valence-corrected chi connectivity index (χ4v) is 2.83. The van der Waals surface area contributed by atoms with Crippen molar-refractivity contribution in [3.05, 3.63) is 35.9 Å². The minimum atomic E-state index is 0.266. The first-order chi connectivity index (χ1) is 10.8. The van der Waals surface area contributed by atoms with Gasteiger partial charge in [-0.1, -0.05) is 30.3 Å². The lowest BCUT2D eigenvalue weighted by Crippen LogP contribution is -2.38. The summed E-state index contributed by atoms with van der Waals surface area (Å²) in [5, 5.41) is 7.00. The zero-order valence-electron chi connectivity index (χ0n) is 13.4. The quantitative estimate of drug-likeness (QED) is 0.821. The number of hydrogen-bond acceptors (Lipinski definition) is 3. The molecule has 1 heterocycles. The molecule has 22 heavy (non-hydrogen) atoms. The van der Waals surface area contributed by atoms with Gasteiger partial charge < -0.3 is 14.8 Å². The van der Waals surface area contributed by atoms with E-state index in [1.807, 2.05) is 23.1 Å². The van der Waals surface area contributed by atoms with Crippen LogP contribution >= 0.6 is 0 Å². The molecule has 1 aromatic rings. The topological polar surface area (TPSA) is 57.6 Å². The van der Waals surface area contributed by atoms with Crippen molar-refractivity contribution in [3.8, 4) is 0 Å². The van der Waals surface area contributed by atoms with Crippen LogP contribution in [-0.4, -0.2) is 42.4 Å². The molecular weight excluding hydrogens is 278 g/mol. The van der Waals surface area contributed by atoms with E-state index in [9.17, 15) is 9.59 Å². The summed E-state index contributed by atoms with van der Waals surface area (Å²) in [6.45, 7) is 1.72.